The molecule has 0 amide bonds. The van der Waals surface area contributed by atoms with Gasteiger partial charge in [0, 0.05) is 6.04 Å². The fourth-order valence-corrected chi connectivity index (χ4v) is 3.88. The van der Waals surface area contributed by atoms with Crippen LogP contribution in [0.1, 0.15) is 25.7 Å². The van der Waals surface area contributed by atoms with Crippen molar-refractivity contribution < 1.29 is 27.4 Å². The monoisotopic (exact) mass is 331 g/mol. The first-order valence-electron chi connectivity index (χ1n) is 6.92. The number of methoxy groups -OCH3 is 1. The number of carbonyl (C=O) groups is 1. The van der Waals surface area contributed by atoms with E-state index in [4.69, 9.17) is 9.84 Å². The van der Waals surface area contributed by atoms with Gasteiger partial charge in [0.05, 0.1) is 17.9 Å². The summed E-state index contributed by atoms with van der Waals surface area (Å²) in [6.07, 6.45) is 1.77. The van der Waals surface area contributed by atoms with Crippen LogP contribution in [0.5, 0.6) is 5.75 Å². The topological polar surface area (TPSA) is 92.7 Å². The first kappa shape index (κ1) is 16.7. The molecule has 0 unspecified atom stereocenters. The third-order valence-electron chi connectivity index (χ3n) is 3.83. The van der Waals surface area contributed by atoms with Crippen LogP contribution in [0.3, 0.4) is 0 Å². The molecular weight excluding hydrogens is 313 g/mol. The first-order valence-corrected chi connectivity index (χ1v) is 8.40. The molecule has 0 atom stereocenters. The highest BCUT2D eigenvalue weighted by atomic mass is 32.2. The van der Waals surface area contributed by atoms with Gasteiger partial charge in [-0.25, -0.2) is 17.5 Å². The SMILES string of the molecule is COc1ccc(S(=O)(=O)NC2CCC(C(=O)O)CC2)cc1F. The standard InChI is InChI=1S/C14H18FNO5S/c1-21-13-7-6-11(8-12(13)15)22(19,20)16-10-4-2-9(3-5-10)14(17)18/h6-10,16H,2-5H2,1H3,(H,17,18). The Morgan fingerprint density at radius 1 is 1.32 bits per heavy atom. The fraction of sp³-hybridized carbons (Fsp3) is 0.500. The van der Waals surface area contributed by atoms with Gasteiger partial charge >= 0.3 is 5.97 Å². The van der Waals surface area contributed by atoms with Crippen LogP contribution >= 0.6 is 0 Å². The number of hydrogen-bond acceptors (Lipinski definition) is 4. The lowest BCUT2D eigenvalue weighted by Gasteiger charge is -2.26. The Morgan fingerprint density at radius 3 is 2.45 bits per heavy atom. The van der Waals surface area contributed by atoms with Crippen molar-refractivity contribution in [2.45, 2.75) is 36.6 Å². The van der Waals surface area contributed by atoms with Crippen molar-refractivity contribution in [1.82, 2.24) is 4.72 Å². The maximum absolute atomic E-state index is 13.6. The Balaban J connectivity index is 2.06. The van der Waals surface area contributed by atoms with Crippen LogP contribution in [-0.2, 0) is 14.8 Å². The predicted octanol–water partition coefficient (Wildman–Crippen LogP) is 1.76. The summed E-state index contributed by atoms with van der Waals surface area (Å²) >= 11 is 0. The Bertz CT molecular complexity index is 653. The van der Waals surface area contributed by atoms with Gasteiger partial charge in [0.1, 0.15) is 0 Å². The summed E-state index contributed by atoms with van der Waals surface area (Å²) in [5.41, 5.74) is 0. The molecule has 0 aromatic heterocycles. The summed E-state index contributed by atoms with van der Waals surface area (Å²) < 4.78 is 45.3. The van der Waals surface area contributed by atoms with E-state index in [1.165, 1.54) is 19.2 Å². The number of hydrogen-bond donors (Lipinski definition) is 2. The van der Waals surface area contributed by atoms with Crippen molar-refractivity contribution in [3.63, 3.8) is 0 Å². The van der Waals surface area contributed by atoms with Gasteiger partial charge in [-0.1, -0.05) is 0 Å². The number of aliphatic carboxylic acids is 1. The minimum Gasteiger partial charge on any atom is -0.494 e. The van der Waals surface area contributed by atoms with Gasteiger partial charge < -0.3 is 9.84 Å². The number of nitrogens with one attached hydrogen (secondary N) is 1. The Hall–Kier alpha value is -1.67. The Kier molecular flexibility index (Phi) is 5.02. The van der Waals surface area contributed by atoms with E-state index in [9.17, 15) is 17.6 Å². The zero-order chi connectivity index (χ0) is 16.3. The van der Waals surface area contributed by atoms with E-state index in [2.05, 4.69) is 4.72 Å². The smallest absolute Gasteiger partial charge is 0.306 e. The van der Waals surface area contributed by atoms with Gasteiger partial charge in [0.25, 0.3) is 0 Å². The van der Waals surface area contributed by atoms with E-state index in [0.29, 0.717) is 25.7 Å². The van der Waals surface area contributed by atoms with Crippen LogP contribution in [0.4, 0.5) is 4.39 Å². The molecule has 1 aliphatic rings. The summed E-state index contributed by atoms with van der Waals surface area (Å²) in [7, 11) is -2.54. The Morgan fingerprint density at radius 2 is 1.95 bits per heavy atom. The molecule has 122 valence electrons. The number of carboxylic acid groups (broad SMARTS) is 1. The Labute approximate surface area is 128 Å². The fourth-order valence-electron chi connectivity index (χ4n) is 2.56. The molecule has 0 aliphatic heterocycles. The van der Waals surface area contributed by atoms with Crippen molar-refractivity contribution in [2.75, 3.05) is 7.11 Å². The van der Waals surface area contributed by atoms with Crippen LogP contribution in [0.25, 0.3) is 0 Å². The lowest BCUT2D eigenvalue weighted by atomic mass is 9.87. The number of carboxylic acids is 1. The second-order valence-electron chi connectivity index (χ2n) is 5.30. The van der Waals surface area contributed by atoms with E-state index < -0.39 is 27.7 Å². The lowest BCUT2D eigenvalue weighted by Crippen LogP contribution is -2.38. The largest absolute Gasteiger partial charge is 0.494 e. The third-order valence-corrected chi connectivity index (χ3v) is 5.35. The third kappa shape index (κ3) is 3.75. The van der Waals surface area contributed by atoms with Gasteiger partial charge in [0.2, 0.25) is 10.0 Å². The molecular formula is C14H18FNO5S. The average molecular weight is 331 g/mol. The van der Waals surface area contributed by atoms with Crippen LogP contribution in [-0.4, -0.2) is 32.6 Å². The molecule has 2 N–H and O–H groups in total. The molecule has 22 heavy (non-hydrogen) atoms. The second-order valence-corrected chi connectivity index (χ2v) is 7.02. The molecule has 8 heteroatoms. The minimum atomic E-state index is -3.84. The minimum absolute atomic E-state index is 0.0269. The normalized spacial score (nSPS) is 22.3. The number of rotatable bonds is 5. The van der Waals surface area contributed by atoms with Crippen molar-refractivity contribution in [1.29, 1.82) is 0 Å². The first-order chi connectivity index (χ1) is 10.3. The van der Waals surface area contributed by atoms with Crippen LogP contribution < -0.4 is 9.46 Å². The molecule has 0 radical (unpaired) electrons. The van der Waals surface area contributed by atoms with E-state index in [1.807, 2.05) is 0 Å². The molecule has 1 aromatic rings. The van der Waals surface area contributed by atoms with Crippen molar-refractivity contribution >= 4 is 16.0 Å². The van der Waals surface area contributed by atoms with Crippen molar-refractivity contribution in [3.05, 3.63) is 24.0 Å². The van der Waals surface area contributed by atoms with Crippen molar-refractivity contribution in [3.8, 4) is 5.75 Å². The van der Waals surface area contributed by atoms with Gasteiger partial charge in [-0.3, -0.25) is 4.79 Å². The number of benzene rings is 1. The maximum atomic E-state index is 13.6. The quantitative estimate of drug-likeness (QED) is 0.857. The second kappa shape index (κ2) is 6.62. The average Bonchev–Trinajstić information content (AvgIpc) is 2.47. The van der Waals surface area contributed by atoms with Crippen LogP contribution in [0.15, 0.2) is 23.1 Å². The molecule has 1 aliphatic carbocycles. The van der Waals surface area contributed by atoms with E-state index in [-0.39, 0.29) is 16.7 Å². The molecule has 1 fully saturated rings. The van der Waals surface area contributed by atoms with E-state index in [1.54, 1.807) is 0 Å². The van der Waals surface area contributed by atoms with E-state index in [0.717, 1.165) is 6.07 Å². The summed E-state index contributed by atoms with van der Waals surface area (Å²) in [6.45, 7) is 0. The van der Waals surface area contributed by atoms with Crippen LogP contribution in [0, 0.1) is 11.7 Å². The summed E-state index contributed by atoms with van der Waals surface area (Å²) in [5.74, 6) is -2.04. The number of ether oxygens (including phenoxy) is 1. The molecule has 0 heterocycles. The zero-order valence-corrected chi connectivity index (χ0v) is 12.9. The molecule has 2 rings (SSSR count). The van der Waals surface area contributed by atoms with Gasteiger partial charge in [0.15, 0.2) is 11.6 Å². The summed E-state index contributed by atoms with van der Waals surface area (Å²) in [4.78, 5) is 10.7. The highest BCUT2D eigenvalue weighted by molar-refractivity contribution is 7.89. The highest BCUT2D eigenvalue weighted by Crippen LogP contribution is 2.26. The molecule has 0 spiro atoms. The summed E-state index contributed by atoms with van der Waals surface area (Å²) in [5, 5.41) is 8.92. The van der Waals surface area contributed by atoms with Gasteiger partial charge in [-0.2, -0.15) is 0 Å². The highest BCUT2D eigenvalue weighted by Gasteiger charge is 2.29. The molecule has 0 saturated heterocycles. The summed E-state index contributed by atoms with van der Waals surface area (Å²) in [6, 6.07) is 3.10. The van der Waals surface area contributed by atoms with E-state index >= 15 is 0 Å². The molecule has 1 aromatic carbocycles. The predicted molar refractivity (Wildman–Crippen MR) is 76.7 cm³/mol. The number of halogens is 1. The van der Waals surface area contributed by atoms with Gasteiger partial charge in [-0.05, 0) is 43.9 Å². The lowest BCUT2D eigenvalue weighted by molar-refractivity contribution is -0.142. The molecule has 6 nitrogen and oxygen atoms in total. The number of sulfonamides is 1. The molecule has 1 saturated carbocycles. The zero-order valence-electron chi connectivity index (χ0n) is 12.1. The van der Waals surface area contributed by atoms with Crippen molar-refractivity contribution in [2.24, 2.45) is 5.92 Å². The maximum Gasteiger partial charge on any atom is 0.306 e. The molecule has 0 bridgehead atoms. The van der Waals surface area contributed by atoms with Gasteiger partial charge in [-0.15, -0.1) is 0 Å². The van der Waals surface area contributed by atoms with Crippen LogP contribution in [0.2, 0.25) is 0 Å².